The van der Waals surface area contributed by atoms with Crippen molar-refractivity contribution in [3.63, 3.8) is 0 Å². The van der Waals surface area contributed by atoms with Gasteiger partial charge in [0.05, 0.1) is 11.2 Å². The van der Waals surface area contributed by atoms with Gasteiger partial charge in [-0.05, 0) is 84.2 Å². The molecule has 0 spiro atoms. The molecule has 6 heteroatoms. The number of amides is 1. The number of rotatable bonds is 1. The lowest BCUT2D eigenvalue weighted by molar-refractivity contribution is 0.0259. The van der Waals surface area contributed by atoms with Gasteiger partial charge >= 0.3 is 12.2 Å². The molecular formula is C26H34N2O4. The first-order valence-electron chi connectivity index (χ1n) is 11.1. The summed E-state index contributed by atoms with van der Waals surface area (Å²) in [6, 6.07) is 9.77. The number of para-hydroxylation sites is 1. The Labute approximate surface area is 190 Å². The van der Waals surface area contributed by atoms with E-state index in [-0.39, 0.29) is 6.09 Å². The molecule has 1 fully saturated rings. The number of likely N-dealkylation sites (tertiary alicyclic amines) is 1. The predicted octanol–water partition coefficient (Wildman–Crippen LogP) is 6.40. The highest BCUT2D eigenvalue weighted by Crippen LogP contribution is 2.29. The van der Waals surface area contributed by atoms with Crippen molar-refractivity contribution in [1.29, 1.82) is 0 Å². The highest BCUT2D eigenvalue weighted by atomic mass is 16.6. The number of hydrogen-bond donors (Lipinski definition) is 0. The van der Waals surface area contributed by atoms with E-state index in [0.29, 0.717) is 19.5 Å². The fourth-order valence-electron chi connectivity index (χ4n) is 3.70. The van der Waals surface area contributed by atoms with Crippen LogP contribution in [-0.4, -0.2) is 45.9 Å². The summed E-state index contributed by atoms with van der Waals surface area (Å²) >= 11 is 0. The minimum absolute atomic E-state index is 0.307. The minimum atomic E-state index is -0.597. The summed E-state index contributed by atoms with van der Waals surface area (Å²) in [6.07, 6.45) is 4.01. The van der Waals surface area contributed by atoms with Gasteiger partial charge in [-0.3, -0.25) is 0 Å². The van der Waals surface area contributed by atoms with Crippen LogP contribution in [0.15, 0.2) is 47.6 Å². The molecule has 32 heavy (non-hydrogen) atoms. The van der Waals surface area contributed by atoms with Crippen LogP contribution in [-0.2, 0) is 9.47 Å². The van der Waals surface area contributed by atoms with Crippen molar-refractivity contribution in [2.75, 3.05) is 13.1 Å². The van der Waals surface area contributed by atoms with E-state index >= 15 is 0 Å². The smallest absolute Gasteiger partial charge is 0.419 e. The molecule has 1 aromatic carbocycles. The molecule has 0 N–H and O–H groups in total. The largest absolute Gasteiger partial charge is 0.444 e. The summed E-state index contributed by atoms with van der Waals surface area (Å²) in [5.74, 6) is 0. The van der Waals surface area contributed by atoms with Crippen molar-refractivity contribution >= 4 is 29.2 Å². The maximum absolute atomic E-state index is 13.1. The van der Waals surface area contributed by atoms with Crippen LogP contribution in [0.2, 0.25) is 0 Å². The lowest BCUT2D eigenvalue weighted by atomic mass is 9.96. The van der Waals surface area contributed by atoms with Crippen LogP contribution in [0.3, 0.4) is 0 Å². The van der Waals surface area contributed by atoms with Crippen LogP contribution in [0.25, 0.3) is 17.0 Å². The molecule has 0 saturated carbocycles. The van der Waals surface area contributed by atoms with Crippen molar-refractivity contribution < 1.29 is 19.1 Å². The first-order chi connectivity index (χ1) is 14.9. The topological polar surface area (TPSA) is 60.8 Å². The molecule has 0 atom stereocenters. The number of carbonyl (C=O) groups excluding carboxylic acids is 2. The zero-order valence-corrected chi connectivity index (χ0v) is 20.2. The standard InChI is InChI=1S/C26H34N2O4/c1-8-18-17-27(23(29)31-25(2,3)4)14-13-19(18)15-21-16-20-11-9-10-12-22(20)28(21)24(30)32-26(5,6)7/h8-12,15-16H,13-14,17H2,1-7H3/b18-8+,19-15+. The van der Waals surface area contributed by atoms with E-state index in [1.165, 1.54) is 0 Å². The highest BCUT2D eigenvalue weighted by Gasteiger charge is 2.27. The molecule has 1 saturated heterocycles. The number of allylic oxidation sites excluding steroid dienone is 1. The summed E-state index contributed by atoms with van der Waals surface area (Å²) in [6.45, 7) is 14.2. The van der Waals surface area contributed by atoms with Gasteiger partial charge in [-0.25, -0.2) is 14.2 Å². The maximum Gasteiger partial charge on any atom is 0.419 e. The van der Waals surface area contributed by atoms with E-state index in [2.05, 4.69) is 0 Å². The fourth-order valence-corrected chi connectivity index (χ4v) is 3.70. The summed E-state index contributed by atoms with van der Waals surface area (Å²) in [5.41, 5.74) is 2.59. The SMILES string of the molecule is C/C=C1\CN(C(=O)OC(C)(C)C)CC\C1=C/c1cc2ccccc2n1C(=O)OC(C)(C)C. The zero-order valence-electron chi connectivity index (χ0n) is 20.2. The lowest BCUT2D eigenvalue weighted by Crippen LogP contribution is -2.41. The average molecular weight is 439 g/mol. The molecule has 1 aromatic heterocycles. The van der Waals surface area contributed by atoms with E-state index in [4.69, 9.17) is 9.47 Å². The second-order valence-electron chi connectivity index (χ2n) is 10.1. The average Bonchev–Trinajstić information content (AvgIpc) is 3.03. The van der Waals surface area contributed by atoms with E-state index in [1.807, 2.05) is 91.0 Å². The minimum Gasteiger partial charge on any atom is -0.444 e. The van der Waals surface area contributed by atoms with Gasteiger partial charge in [0.15, 0.2) is 0 Å². The molecule has 2 heterocycles. The molecule has 2 aromatic rings. The van der Waals surface area contributed by atoms with Gasteiger partial charge < -0.3 is 14.4 Å². The molecule has 6 nitrogen and oxygen atoms in total. The Morgan fingerprint density at radius 2 is 1.56 bits per heavy atom. The van der Waals surface area contributed by atoms with E-state index in [9.17, 15) is 9.59 Å². The number of hydrogen-bond acceptors (Lipinski definition) is 4. The number of carbonyl (C=O) groups is 2. The van der Waals surface area contributed by atoms with Gasteiger partial charge in [0, 0.05) is 18.5 Å². The maximum atomic E-state index is 13.1. The number of piperidine rings is 1. The summed E-state index contributed by atoms with van der Waals surface area (Å²) in [7, 11) is 0. The Bertz CT molecular complexity index is 1080. The van der Waals surface area contributed by atoms with Gasteiger partial charge in [0.25, 0.3) is 0 Å². The quantitative estimate of drug-likeness (QED) is 0.517. The Morgan fingerprint density at radius 3 is 2.19 bits per heavy atom. The van der Waals surface area contributed by atoms with Crippen LogP contribution in [0, 0.1) is 0 Å². The van der Waals surface area contributed by atoms with Crippen LogP contribution < -0.4 is 0 Å². The molecule has 1 amide bonds. The second kappa shape index (κ2) is 8.85. The molecule has 172 valence electrons. The van der Waals surface area contributed by atoms with Crippen molar-refractivity contribution in [2.45, 2.75) is 66.1 Å². The number of ether oxygens (including phenoxy) is 2. The molecule has 0 radical (unpaired) electrons. The second-order valence-corrected chi connectivity index (χ2v) is 10.1. The van der Waals surface area contributed by atoms with Crippen molar-refractivity contribution in [1.82, 2.24) is 9.47 Å². The predicted molar refractivity (Wildman–Crippen MR) is 128 cm³/mol. The Balaban J connectivity index is 1.94. The normalized spacial score (nSPS) is 17.8. The van der Waals surface area contributed by atoms with Gasteiger partial charge in [0.1, 0.15) is 11.2 Å². The summed E-state index contributed by atoms with van der Waals surface area (Å²) in [5, 5.41) is 0.971. The molecule has 1 aliphatic heterocycles. The van der Waals surface area contributed by atoms with E-state index in [1.54, 1.807) is 9.47 Å². The molecule has 0 unspecified atom stereocenters. The highest BCUT2D eigenvalue weighted by molar-refractivity contribution is 5.93. The fraction of sp³-hybridized carbons (Fsp3) is 0.462. The first kappa shape index (κ1) is 23.6. The molecule has 0 bridgehead atoms. The number of nitrogens with zero attached hydrogens (tertiary/aromatic N) is 2. The van der Waals surface area contributed by atoms with Gasteiger partial charge in [-0.15, -0.1) is 0 Å². The van der Waals surface area contributed by atoms with Crippen molar-refractivity contribution in [3.05, 3.63) is 53.2 Å². The van der Waals surface area contributed by atoms with Crippen LogP contribution >= 0.6 is 0 Å². The van der Waals surface area contributed by atoms with E-state index in [0.717, 1.165) is 27.7 Å². The Morgan fingerprint density at radius 1 is 0.938 bits per heavy atom. The Hall–Kier alpha value is -3.02. The molecule has 0 aliphatic carbocycles. The number of fused-ring (bicyclic) bond motifs is 1. The van der Waals surface area contributed by atoms with Gasteiger partial charge in [0.2, 0.25) is 0 Å². The lowest BCUT2D eigenvalue weighted by Gasteiger charge is -2.32. The summed E-state index contributed by atoms with van der Waals surface area (Å²) in [4.78, 5) is 27.3. The number of benzene rings is 1. The Kier molecular flexibility index (Phi) is 6.54. The summed E-state index contributed by atoms with van der Waals surface area (Å²) < 4.78 is 12.8. The van der Waals surface area contributed by atoms with Gasteiger partial charge in [-0.2, -0.15) is 0 Å². The first-order valence-corrected chi connectivity index (χ1v) is 11.1. The van der Waals surface area contributed by atoms with Crippen molar-refractivity contribution in [2.24, 2.45) is 0 Å². The monoisotopic (exact) mass is 438 g/mol. The zero-order chi connectivity index (χ0) is 23.7. The molecular weight excluding hydrogens is 404 g/mol. The third-order valence-corrected chi connectivity index (χ3v) is 5.06. The molecule has 1 aliphatic rings. The molecule has 3 rings (SSSR count). The van der Waals surface area contributed by atoms with Gasteiger partial charge in [-0.1, -0.05) is 24.3 Å². The van der Waals surface area contributed by atoms with E-state index < -0.39 is 17.3 Å². The van der Waals surface area contributed by atoms with Crippen LogP contribution in [0.5, 0.6) is 0 Å². The number of aromatic nitrogens is 1. The van der Waals surface area contributed by atoms with Crippen molar-refractivity contribution in [3.8, 4) is 0 Å². The van der Waals surface area contributed by atoms with Crippen LogP contribution in [0.1, 0.15) is 60.6 Å². The van der Waals surface area contributed by atoms with Crippen LogP contribution in [0.4, 0.5) is 9.59 Å². The third kappa shape index (κ3) is 5.61. The third-order valence-electron chi connectivity index (χ3n) is 5.06.